The molecule has 5 heteroatoms. The molecule has 0 saturated heterocycles. The van der Waals surface area contributed by atoms with Gasteiger partial charge in [-0.2, -0.15) is 18.2 Å². The maximum absolute atomic E-state index is 10.0. The van der Waals surface area contributed by atoms with Crippen LogP contribution in [0, 0.1) is 20.4 Å². The van der Waals surface area contributed by atoms with Crippen LogP contribution in [0.15, 0.2) is 24.5 Å². The zero-order valence-electron chi connectivity index (χ0n) is 12.6. The summed E-state index contributed by atoms with van der Waals surface area (Å²) < 4.78 is 0. The average Bonchev–Trinajstić information content (AvgIpc) is 2.46. The van der Waals surface area contributed by atoms with Crippen LogP contribution in [0.1, 0.15) is 34.1 Å². The van der Waals surface area contributed by atoms with Gasteiger partial charge in [-0.3, -0.25) is 9.59 Å². The number of carbonyl (C=O) groups excluding carboxylic acids is 2. The molecule has 0 atom stereocenters. The molecular weight excluding hydrogens is 317 g/mol. The van der Waals surface area contributed by atoms with Gasteiger partial charge in [0.1, 0.15) is 0 Å². The van der Waals surface area contributed by atoms with Gasteiger partial charge in [0.25, 0.3) is 0 Å². The van der Waals surface area contributed by atoms with Crippen LogP contribution in [0.25, 0.3) is 0 Å². The second kappa shape index (κ2) is 36.0. The summed E-state index contributed by atoms with van der Waals surface area (Å²) >= 11 is 0. The molecule has 1 aromatic heterocycles. The largest absolute Gasteiger partial charge is 3.00 e. The molecule has 0 fully saturated rings. The molecule has 0 bridgehead atoms. The van der Waals surface area contributed by atoms with Gasteiger partial charge in [0, 0.05) is 0 Å². The van der Waals surface area contributed by atoms with Gasteiger partial charge in [0.05, 0.1) is 0 Å². The van der Waals surface area contributed by atoms with Crippen molar-refractivity contribution in [2.75, 3.05) is 0 Å². The third-order valence-electron chi connectivity index (χ3n) is 0.961. The Morgan fingerprint density at radius 3 is 1.79 bits per heavy atom. The van der Waals surface area contributed by atoms with Crippen LogP contribution < -0.4 is 5.32 Å². The van der Waals surface area contributed by atoms with Crippen molar-refractivity contribution in [3.63, 3.8) is 0 Å². The molecule has 0 saturated carbocycles. The fourth-order valence-electron chi connectivity index (χ4n) is 0.415. The van der Waals surface area contributed by atoms with Crippen LogP contribution >= 0.6 is 0 Å². The summed E-state index contributed by atoms with van der Waals surface area (Å²) in [6, 6.07) is 6.36. The van der Waals surface area contributed by atoms with Gasteiger partial charge < -0.3 is 24.7 Å². The van der Waals surface area contributed by atoms with E-state index in [1.165, 1.54) is 0 Å². The number of amides is 2. The van der Waals surface area contributed by atoms with Crippen LogP contribution in [-0.2, 0) is 42.3 Å². The monoisotopic (exact) mass is 342 g/mol. The normalized spacial score (nSPS) is 5.95. The summed E-state index contributed by atoms with van der Waals surface area (Å²) in [5, 5.41) is 1.91. The molecule has 0 aromatic carbocycles. The smallest absolute Gasteiger partial charge is 0.391 e. The number of nitrogens with one attached hydrogen (secondary N) is 1. The van der Waals surface area contributed by atoms with Crippen molar-refractivity contribution in [1.82, 2.24) is 10.3 Å². The van der Waals surface area contributed by atoms with Crippen molar-refractivity contribution >= 4 is 12.3 Å². The van der Waals surface area contributed by atoms with E-state index in [1.54, 1.807) is 24.5 Å². The van der Waals surface area contributed by atoms with Gasteiger partial charge in [-0.05, 0) is 0 Å². The number of aromatic nitrogens is 1. The summed E-state index contributed by atoms with van der Waals surface area (Å²) in [5.74, 6) is -0.352. The van der Waals surface area contributed by atoms with Gasteiger partial charge >= 0.3 is 32.7 Å². The summed E-state index contributed by atoms with van der Waals surface area (Å²) in [7, 11) is 0. The molecule has 0 unspecified atom stereocenters. The van der Waals surface area contributed by atoms with Crippen molar-refractivity contribution in [3.05, 3.63) is 44.9 Å². The summed E-state index contributed by atoms with van der Waals surface area (Å²) in [4.78, 5) is 23.2. The molecule has 1 rings (SSSR count). The van der Waals surface area contributed by atoms with Crippen LogP contribution in [-0.4, -0.2) is 17.3 Å². The molecule has 19 heavy (non-hydrogen) atoms. The Kier molecular flexibility index (Phi) is 58.8. The first-order valence-electron chi connectivity index (χ1n) is 5.59. The number of pyridine rings is 1. The number of hydrogen-bond donors (Lipinski definition) is 1. The van der Waals surface area contributed by atoms with Gasteiger partial charge in [0.15, 0.2) is 5.91 Å². The Labute approximate surface area is 143 Å². The zero-order valence-corrected chi connectivity index (χ0v) is 15.5. The SMILES string of the molecule is CC.CC.[CH2-]CC(=O)NC=O.[CH3-].[Y+3].[c-]1ccncc1. The molecule has 1 aromatic rings. The second-order valence-electron chi connectivity index (χ2n) is 1.88. The molecule has 0 radical (unpaired) electrons. The number of nitrogens with zero attached hydrogens (tertiary/aromatic N) is 1. The van der Waals surface area contributed by atoms with Gasteiger partial charge in [-0.1, -0.05) is 40.1 Å². The predicted octanol–water partition coefficient (Wildman–Crippen LogP) is 2.87. The van der Waals surface area contributed by atoms with E-state index >= 15 is 0 Å². The van der Waals surface area contributed by atoms with Crippen LogP contribution in [0.5, 0.6) is 0 Å². The minimum absolute atomic E-state index is 0. The number of imide groups is 1. The summed E-state index contributed by atoms with van der Waals surface area (Å²) in [6.45, 7) is 11.2. The molecule has 0 spiro atoms. The molecule has 4 nitrogen and oxygen atoms in total. The first-order valence-corrected chi connectivity index (χ1v) is 5.59. The van der Waals surface area contributed by atoms with Crippen LogP contribution in [0.4, 0.5) is 0 Å². The third-order valence-corrected chi connectivity index (χ3v) is 0.961. The number of hydrogen-bond acceptors (Lipinski definition) is 3. The maximum atomic E-state index is 10.0. The zero-order chi connectivity index (χ0) is 13.9. The van der Waals surface area contributed by atoms with Crippen molar-refractivity contribution in [3.8, 4) is 0 Å². The molecule has 2 amide bonds. The van der Waals surface area contributed by atoms with Crippen LogP contribution in [0.2, 0.25) is 0 Å². The van der Waals surface area contributed by atoms with E-state index in [1.807, 2.05) is 33.0 Å². The minimum Gasteiger partial charge on any atom is -0.391 e. The van der Waals surface area contributed by atoms with Gasteiger partial charge in [0.2, 0.25) is 6.41 Å². The summed E-state index contributed by atoms with van der Waals surface area (Å²) in [6.07, 6.45) is 3.84. The standard InChI is InChI=1S/C5H4N.C4H6NO2.2C2H6.CH3.Y/c1-2-4-6-5-3-1;1-2-4(7)5-3-6;2*1-2;;/h2-5H;3H,1-2H2,(H,5,6,7);2*1-2H3;1H3;/q2*-1;;;-1;+3. The second-order valence-corrected chi connectivity index (χ2v) is 1.88. The van der Waals surface area contributed by atoms with Crippen molar-refractivity contribution in [2.24, 2.45) is 0 Å². The first kappa shape index (κ1) is 31.0. The molecule has 0 aliphatic rings. The minimum atomic E-state index is -0.352. The predicted molar refractivity (Wildman–Crippen MR) is 76.4 cm³/mol. The Morgan fingerprint density at radius 2 is 1.68 bits per heavy atom. The van der Waals surface area contributed by atoms with E-state index in [0.29, 0.717) is 6.41 Å². The Bertz CT molecular complexity index is 218. The average molecular weight is 342 g/mol. The van der Waals surface area contributed by atoms with Crippen LogP contribution in [0.3, 0.4) is 0 Å². The fraction of sp³-hybridized carbons (Fsp3) is 0.357. The van der Waals surface area contributed by atoms with E-state index in [4.69, 9.17) is 0 Å². The van der Waals surface area contributed by atoms with Crippen molar-refractivity contribution in [2.45, 2.75) is 34.1 Å². The Balaban J connectivity index is -0.0000000504. The van der Waals surface area contributed by atoms with E-state index in [0.717, 1.165) is 0 Å². The maximum Gasteiger partial charge on any atom is 3.00 e. The molecule has 1 heterocycles. The Morgan fingerprint density at radius 1 is 1.26 bits per heavy atom. The van der Waals surface area contributed by atoms with E-state index < -0.39 is 0 Å². The number of rotatable bonds is 2. The molecule has 106 valence electrons. The number of carbonyl (C=O) groups is 2. The summed E-state index contributed by atoms with van der Waals surface area (Å²) in [5.41, 5.74) is 0. The van der Waals surface area contributed by atoms with Gasteiger partial charge in [-0.15, -0.1) is 6.42 Å². The third kappa shape index (κ3) is 38.2. The fourth-order valence-corrected chi connectivity index (χ4v) is 0.415. The Hall–Kier alpha value is -0.606. The first-order chi connectivity index (χ1) is 8.31. The van der Waals surface area contributed by atoms with Crippen molar-refractivity contribution in [1.29, 1.82) is 0 Å². The topological polar surface area (TPSA) is 59.1 Å². The molecular formula is C14H25N2O2Y. The van der Waals surface area contributed by atoms with E-state index in [-0.39, 0.29) is 52.5 Å². The van der Waals surface area contributed by atoms with E-state index in [2.05, 4.69) is 18.0 Å². The molecule has 0 aliphatic heterocycles. The molecule has 0 aliphatic carbocycles. The van der Waals surface area contributed by atoms with Crippen molar-refractivity contribution < 1.29 is 42.3 Å². The molecule has 1 N–H and O–H groups in total. The van der Waals surface area contributed by atoms with Gasteiger partial charge in [-0.25, -0.2) is 0 Å². The van der Waals surface area contributed by atoms with E-state index in [9.17, 15) is 9.59 Å². The quantitative estimate of drug-likeness (QED) is 0.664.